The van der Waals surface area contributed by atoms with Crippen LogP contribution in [0.3, 0.4) is 0 Å². The number of ether oxygens (including phenoxy) is 2. The first kappa shape index (κ1) is 22.9. The van der Waals surface area contributed by atoms with Crippen LogP contribution in [0.1, 0.15) is 0 Å². The summed E-state index contributed by atoms with van der Waals surface area (Å²) < 4.78 is 64.3. The standard InChI is InChI=1S/C18H21N3O8S2/c1-28-16-8-7-14(13-17(16)29-2)30(24,25)19-9-11-20(12-10-19)31(26,27)18-6-4-3-5-15(18)21(22)23/h3-8,13H,9-12H2,1-2H3. The molecule has 3 rings (SSSR count). The zero-order chi connectivity index (χ0) is 22.8. The van der Waals surface area contributed by atoms with E-state index >= 15 is 0 Å². The highest BCUT2D eigenvalue weighted by Crippen LogP contribution is 2.32. The average Bonchev–Trinajstić information content (AvgIpc) is 2.78. The predicted octanol–water partition coefficient (Wildman–Crippen LogP) is 1.31. The lowest BCUT2D eigenvalue weighted by molar-refractivity contribution is -0.387. The number of piperazine rings is 1. The van der Waals surface area contributed by atoms with Gasteiger partial charge in [-0.15, -0.1) is 0 Å². The fraction of sp³-hybridized carbons (Fsp3) is 0.333. The highest BCUT2D eigenvalue weighted by Gasteiger charge is 2.36. The van der Waals surface area contributed by atoms with E-state index < -0.39 is 35.6 Å². The Labute approximate surface area is 180 Å². The van der Waals surface area contributed by atoms with Gasteiger partial charge in [-0.25, -0.2) is 16.8 Å². The zero-order valence-electron chi connectivity index (χ0n) is 16.8. The topological polar surface area (TPSA) is 136 Å². The minimum Gasteiger partial charge on any atom is -0.493 e. The Morgan fingerprint density at radius 3 is 1.94 bits per heavy atom. The molecule has 1 aliphatic rings. The van der Waals surface area contributed by atoms with Crippen molar-refractivity contribution in [2.24, 2.45) is 0 Å². The number of rotatable bonds is 7. The van der Waals surface area contributed by atoms with Gasteiger partial charge in [-0.2, -0.15) is 8.61 Å². The van der Waals surface area contributed by atoms with Crippen LogP contribution >= 0.6 is 0 Å². The molecule has 2 aromatic carbocycles. The number of hydrogen-bond acceptors (Lipinski definition) is 8. The Bertz CT molecular complexity index is 1190. The number of benzene rings is 2. The first-order chi connectivity index (χ1) is 14.6. The van der Waals surface area contributed by atoms with Crippen LogP contribution in [0.4, 0.5) is 5.69 Å². The molecule has 1 saturated heterocycles. The molecule has 1 heterocycles. The van der Waals surface area contributed by atoms with E-state index in [2.05, 4.69) is 0 Å². The maximum Gasteiger partial charge on any atom is 0.289 e. The van der Waals surface area contributed by atoms with Gasteiger partial charge < -0.3 is 9.47 Å². The Hall–Kier alpha value is -2.74. The molecule has 13 heteroatoms. The Morgan fingerprint density at radius 1 is 0.839 bits per heavy atom. The molecule has 0 spiro atoms. The third kappa shape index (κ3) is 4.35. The summed E-state index contributed by atoms with van der Waals surface area (Å²) >= 11 is 0. The molecular formula is C18H21N3O8S2. The summed E-state index contributed by atoms with van der Waals surface area (Å²) in [6, 6.07) is 9.26. The number of nitrogens with zero attached hydrogens (tertiary/aromatic N) is 3. The van der Waals surface area contributed by atoms with Gasteiger partial charge in [0.2, 0.25) is 20.0 Å². The molecule has 1 fully saturated rings. The van der Waals surface area contributed by atoms with E-state index in [1.807, 2.05) is 0 Å². The van der Waals surface area contributed by atoms with Gasteiger partial charge in [-0.05, 0) is 18.2 Å². The summed E-state index contributed by atoms with van der Waals surface area (Å²) in [5, 5.41) is 11.2. The van der Waals surface area contributed by atoms with E-state index in [1.165, 1.54) is 54.9 Å². The molecule has 1 aliphatic heterocycles. The molecule has 0 bridgehead atoms. The van der Waals surface area contributed by atoms with Crippen LogP contribution in [0.2, 0.25) is 0 Å². The summed E-state index contributed by atoms with van der Waals surface area (Å²) in [5.74, 6) is 0.628. The summed E-state index contributed by atoms with van der Waals surface area (Å²) in [7, 11) is -5.24. The van der Waals surface area contributed by atoms with Gasteiger partial charge in [-0.3, -0.25) is 10.1 Å². The number of hydrogen-bond donors (Lipinski definition) is 0. The van der Waals surface area contributed by atoms with Crippen molar-refractivity contribution >= 4 is 25.7 Å². The van der Waals surface area contributed by atoms with E-state index in [4.69, 9.17) is 9.47 Å². The fourth-order valence-electron chi connectivity index (χ4n) is 3.24. The molecule has 168 valence electrons. The minimum absolute atomic E-state index is 0.0137. The maximum atomic E-state index is 13.0. The molecule has 0 amide bonds. The SMILES string of the molecule is COc1ccc(S(=O)(=O)N2CCN(S(=O)(=O)c3ccccc3[N+](=O)[O-])CC2)cc1OC. The van der Waals surface area contributed by atoms with E-state index in [1.54, 1.807) is 0 Å². The molecule has 0 N–H and O–H groups in total. The first-order valence-electron chi connectivity index (χ1n) is 9.08. The van der Waals surface area contributed by atoms with E-state index in [-0.39, 0.29) is 36.8 Å². The van der Waals surface area contributed by atoms with Crippen LogP contribution < -0.4 is 9.47 Å². The summed E-state index contributed by atoms with van der Waals surface area (Å²) in [4.78, 5) is 10.0. The summed E-state index contributed by atoms with van der Waals surface area (Å²) in [6.07, 6.45) is 0. The number of sulfonamides is 2. The van der Waals surface area contributed by atoms with Gasteiger partial charge in [-0.1, -0.05) is 12.1 Å². The highest BCUT2D eigenvalue weighted by atomic mass is 32.2. The van der Waals surface area contributed by atoms with Crippen LogP contribution in [-0.2, 0) is 20.0 Å². The van der Waals surface area contributed by atoms with Crippen molar-refractivity contribution in [1.29, 1.82) is 0 Å². The number of nitro groups is 1. The Morgan fingerprint density at radius 2 is 1.39 bits per heavy atom. The lowest BCUT2D eigenvalue weighted by Gasteiger charge is -2.33. The van der Waals surface area contributed by atoms with Crippen LogP contribution in [0.25, 0.3) is 0 Å². The van der Waals surface area contributed by atoms with Crippen molar-refractivity contribution in [1.82, 2.24) is 8.61 Å². The molecule has 0 aromatic heterocycles. The van der Waals surface area contributed by atoms with Crippen LogP contribution in [0.5, 0.6) is 11.5 Å². The van der Waals surface area contributed by atoms with Crippen LogP contribution in [0.15, 0.2) is 52.3 Å². The van der Waals surface area contributed by atoms with E-state index in [0.29, 0.717) is 5.75 Å². The van der Waals surface area contributed by atoms with Crippen molar-refractivity contribution in [3.05, 3.63) is 52.6 Å². The predicted molar refractivity (Wildman–Crippen MR) is 110 cm³/mol. The third-order valence-corrected chi connectivity index (χ3v) is 8.71. The molecule has 11 nitrogen and oxygen atoms in total. The molecule has 0 saturated carbocycles. The van der Waals surface area contributed by atoms with Crippen molar-refractivity contribution in [2.75, 3.05) is 40.4 Å². The monoisotopic (exact) mass is 471 g/mol. The van der Waals surface area contributed by atoms with Crippen molar-refractivity contribution in [3.63, 3.8) is 0 Å². The zero-order valence-corrected chi connectivity index (χ0v) is 18.4. The fourth-order valence-corrected chi connectivity index (χ4v) is 6.26. The molecule has 0 aliphatic carbocycles. The Kier molecular flexibility index (Phi) is 6.50. The van der Waals surface area contributed by atoms with Crippen LogP contribution in [-0.4, -0.2) is 70.8 Å². The number of para-hydroxylation sites is 1. The van der Waals surface area contributed by atoms with Crippen LogP contribution in [0, 0.1) is 10.1 Å². The number of methoxy groups -OCH3 is 2. The second-order valence-electron chi connectivity index (χ2n) is 6.55. The van der Waals surface area contributed by atoms with E-state index in [9.17, 15) is 26.9 Å². The molecule has 31 heavy (non-hydrogen) atoms. The molecule has 0 radical (unpaired) electrons. The van der Waals surface area contributed by atoms with Gasteiger partial charge in [0.15, 0.2) is 16.4 Å². The first-order valence-corrected chi connectivity index (χ1v) is 12.0. The van der Waals surface area contributed by atoms with Gasteiger partial charge in [0, 0.05) is 38.3 Å². The van der Waals surface area contributed by atoms with Crippen molar-refractivity contribution in [2.45, 2.75) is 9.79 Å². The maximum absolute atomic E-state index is 13.0. The Balaban J connectivity index is 1.81. The van der Waals surface area contributed by atoms with Gasteiger partial charge in [0.1, 0.15) is 0 Å². The lowest BCUT2D eigenvalue weighted by Crippen LogP contribution is -2.50. The highest BCUT2D eigenvalue weighted by molar-refractivity contribution is 7.89. The largest absolute Gasteiger partial charge is 0.493 e. The van der Waals surface area contributed by atoms with Crippen molar-refractivity contribution in [3.8, 4) is 11.5 Å². The third-order valence-electron chi connectivity index (χ3n) is 4.87. The van der Waals surface area contributed by atoms with Gasteiger partial charge in [0.25, 0.3) is 5.69 Å². The minimum atomic E-state index is -4.16. The van der Waals surface area contributed by atoms with E-state index in [0.717, 1.165) is 10.4 Å². The normalized spacial score (nSPS) is 16.1. The molecule has 0 atom stereocenters. The lowest BCUT2D eigenvalue weighted by atomic mass is 10.3. The number of nitro benzene ring substituents is 1. The quantitative estimate of drug-likeness (QED) is 0.435. The summed E-state index contributed by atoms with van der Waals surface area (Å²) in [5.41, 5.74) is -0.525. The van der Waals surface area contributed by atoms with Gasteiger partial charge in [0.05, 0.1) is 24.0 Å². The smallest absolute Gasteiger partial charge is 0.289 e. The second-order valence-corrected chi connectivity index (χ2v) is 10.4. The molecule has 0 unspecified atom stereocenters. The van der Waals surface area contributed by atoms with Gasteiger partial charge >= 0.3 is 0 Å². The average molecular weight is 472 g/mol. The second kappa shape index (κ2) is 8.78. The van der Waals surface area contributed by atoms with Crippen molar-refractivity contribution < 1.29 is 31.2 Å². The molecular weight excluding hydrogens is 450 g/mol. The molecule has 2 aromatic rings. The summed E-state index contributed by atoms with van der Waals surface area (Å²) in [6.45, 7) is -0.477.